The summed E-state index contributed by atoms with van der Waals surface area (Å²) >= 11 is 0. The third kappa shape index (κ3) is 4.03. The predicted octanol–water partition coefficient (Wildman–Crippen LogP) is 4.96. The lowest BCUT2D eigenvalue weighted by atomic mass is 9.94. The van der Waals surface area contributed by atoms with Crippen molar-refractivity contribution in [1.82, 2.24) is 20.4 Å². The molecular weight excluding hydrogens is 392 g/mol. The number of benzene rings is 2. The Morgan fingerprint density at radius 3 is 2.42 bits per heavy atom. The molecule has 3 aromatic rings. The highest BCUT2D eigenvalue weighted by Gasteiger charge is 2.35. The van der Waals surface area contributed by atoms with Crippen LogP contribution in [0.4, 0.5) is 4.79 Å². The minimum atomic E-state index is -0.371. The summed E-state index contributed by atoms with van der Waals surface area (Å²) < 4.78 is 11.2. The van der Waals surface area contributed by atoms with Crippen molar-refractivity contribution >= 4 is 11.6 Å². The maximum absolute atomic E-state index is 12.7. The lowest BCUT2D eigenvalue weighted by Gasteiger charge is -2.34. The summed E-state index contributed by atoms with van der Waals surface area (Å²) in [5, 5.41) is 7.28. The van der Waals surface area contributed by atoms with E-state index in [1.54, 1.807) is 4.90 Å². The Morgan fingerprint density at radius 2 is 1.77 bits per heavy atom. The number of amides is 2. The van der Waals surface area contributed by atoms with Gasteiger partial charge in [0.2, 0.25) is 5.82 Å². The fourth-order valence-electron chi connectivity index (χ4n) is 3.77. The second-order valence-corrected chi connectivity index (χ2v) is 7.42. The summed E-state index contributed by atoms with van der Waals surface area (Å²) in [6.45, 7) is 8.99. The van der Waals surface area contributed by atoms with Gasteiger partial charge in [-0.2, -0.15) is 4.98 Å². The van der Waals surface area contributed by atoms with Gasteiger partial charge in [-0.05, 0) is 57.5 Å². The van der Waals surface area contributed by atoms with Gasteiger partial charge in [-0.1, -0.05) is 35.0 Å². The summed E-state index contributed by atoms with van der Waals surface area (Å²) in [7, 11) is 0. The Morgan fingerprint density at radius 1 is 1.06 bits per heavy atom. The first-order chi connectivity index (χ1) is 15.0. The quantitative estimate of drug-likeness (QED) is 0.612. The molecule has 4 rings (SSSR count). The van der Waals surface area contributed by atoms with Gasteiger partial charge in [-0.15, -0.1) is 0 Å². The van der Waals surface area contributed by atoms with Crippen molar-refractivity contribution in [3.05, 3.63) is 71.2 Å². The second kappa shape index (κ2) is 8.63. The lowest BCUT2D eigenvalue weighted by molar-refractivity contribution is 0.207. The molecule has 2 aromatic carbocycles. The van der Waals surface area contributed by atoms with Gasteiger partial charge in [0.1, 0.15) is 5.75 Å². The SMILES string of the molecule is CCOc1ccc(-c2noc(C3=C(C)N(CC)C(=O)NC3c3ccc(C)cc3)n2)cc1. The molecule has 1 aromatic heterocycles. The van der Waals surface area contributed by atoms with E-state index in [9.17, 15) is 4.79 Å². The van der Waals surface area contributed by atoms with Crippen molar-refractivity contribution < 1.29 is 14.1 Å². The topological polar surface area (TPSA) is 80.5 Å². The van der Waals surface area contributed by atoms with E-state index >= 15 is 0 Å². The Hall–Kier alpha value is -3.61. The largest absolute Gasteiger partial charge is 0.494 e. The van der Waals surface area contributed by atoms with Crippen LogP contribution in [0, 0.1) is 6.92 Å². The molecule has 31 heavy (non-hydrogen) atoms. The van der Waals surface area contributed by atoms with E-state index in [-0.39, 0.29) is 12.1 Å². The molecule has 0 fully saturated rings. The molecule has 7 heteroatoms. The molecule has 0 saturated carbocycles. The van der Waals surface area contributed by atoms with Crippen molar-refractivity contribution in [2.24, 2.45) is 0 Å². The number of allylic oxidation sites excluding steroid dienone is 1. The van der Waals surface area contributed by atoms with Gasteiger partial charge < -0.3 is 14.6 Å². The molecule has 1 unspecified atom stereocenters. The number of nitrogens with zero attached hydrogens (tertiary/aromatic N) is 3. The smallest absolute Gasteiger partial charge is 0.322 e. The van der Waals surface area contributed by atoms with Crippen LogP contribution in [0.15, 0.2) is 58.8 Å². The van der Waals surface area contributed by atoms with Crippen LogP contribution >= 0.6 is 0 Å². The van der Waals surface area contributed by atoms with Gasteiger partial charge in [-0.3, -0.25) is 4.90 Å². The average molecular weight is 418 g/mol. The van der Waals surface area contributed by atoms with E-state index in [0.29, 0.717) is 24.9 Å². The van der Waals surface area contributed by atoms with E-state index in [1.807, 2.05) is 76.2 Å². The van der Waals surface area contributed by atoms with E-state index in [4.69, 9.17) is 9.26 Å². The maximum atomic E-state index is 12.7. The van der Waals surface area contributed by atoms with Crippen LogP contribution in [0.1, 0.15) is 43.8 Å². The number of hydrogen-bond donors (Lipinski definition) is 1. The first kappa shape index (κ1) is 20.7. The summed E-state index contributed by atoms with van der Waals surface area (Å²) in [6, 6.07) is 15.1. The molecule has 1 N–H and O–H groups in total. The van der Waals surface area contributed by atoms with Gasteiger partial charge in [0.15, 0.2) is 0 Å². The number of rotatable bonds is 6. The molecule has 7 nitrogen and oxygen atoms in total. The number of aryl methyl sites for hydroxylation is 1. The van der Waals surface area contributed by atoms with Crippen molar-refractivity contribution in [3.63, 3.8) is 0 Å². The van der Waals surface area contributed by atoms with Crippen molar-refractivity contribution in [2.45, 2.75) is 33.7 Å². The number of urea groups is 1. The van der Waals surface area contributed by atoms with Crippen LogP contribution in [0.5, 0.6) is 5.75 Å². The molecule has 160 valence electrons. The van der Waals surface area contributed by atoms with Crippen molar-refractivity contribution in [1.29, 1.82) is 0 Å². The van der Waals surface area contributed by atoms with Crippen LogP contribution in [0.2, 0.25) is 0 Å². The number of hydrogen-bond acceptors (Lipinski definition) is 5. The van der Waals surface area contributed by atoms with E-state index in [2.05, 4.69) is 15.5 Å². The zero-order valence-corrected chi connectivity index (χ0v) is 18.2. The van der Waals surface area contributed by atoms with Gasteiger partial charge in [0.25, 0.3) is 5.89 Å². The van der Waals surface area contributed by atoms with Crippen molar-refractivity contribution in [2.75, 3.05) is 13.2 Å². The molecule has 1 atom stereocenters. The minimum absolute atomic E-state index is 0.138. The van der Waals surface area contributed by atoms with E-state index in [1.165, 1.54) is 0 Å². The van der Waals surface area contributed by atoms with Gasteiger partial charge in [0.05, 0.1) is 18.2 Å². The highest BCUT2D eigenvalue weighted by atomic mass is 16.5. The minimum Gasteiger partial charge on any atom is -0.494 e. The third-order valence-electron chi connectivity index (χ3n) is 5.40. The fraction of sp³-hybridized carbons (Fsp3) is 0.292. The molecule has 0 radical (unpaired) electrons. The van der Waals surface area contributed by atoms with Crippen LogP contribution in [-0.4, -0.2) is 34.2 Å². The molecule has 2 amide bonds. The van der Waals surface area contributed by atoms with Crippen LogP contribution in [0.3, 0.4) is 0 Å². The number of carbonyl (C=O) groups is 1. The molecule has 0 spiro atoms. The number of ether oxygens (including phenoxy) is 1. The van der Waals surface area contributed by atoms with E-state index < -0.39 is 0 Å². The van der Waals surface area contributed by atoms with Crippen LogP contribution in [-0.2, 0) is 0 Å². The normalized spacial score (nSPS) is 16.5. The number of nitrogens with one attached hydrogen (secondary N) is 1. The average Bonchev–Trinajstić information content (AvgIpc) is 3.24. The molecule has 2 heterocycles. The first-order valence-electron chi connectivity index (χ1n) is 10.4. The van der Waals surface area contributed by atoms with Gasteiger partial charge >= 0.3 is 6.03 Å². The monoisotopic (exact) mass is 418 g/mol. The number of carbonyl (C=O) groups excluding carboxylic acids is 1. The predicted molar refractivity (Wildman–Crippen MR) is 118 cm³/mol. The summed E-state index contributed by atoms with van der Waals surface area (Å²) in [5.74, 6) is 1.67. The Labute approximate surface area is 181 Å². The van der Waals surface area contributed by atoms with Crippen LogP contribution in [0.25, 0.3) is 17.0 Å². The molecular formula is C24H26N4O3. The Balaban J connectivity index is 1.74. The Bertz CT molecular complexity index is 1100. The lowest BCUT2D eigenvalue weighted by Crippen LogP contribution is -2.45. The van der Waals surface area contributed by atoms with Gasteiger partial charge in [0, 0.05) is 17.8 Å². The summed E-state index contributed by atoms with van der Waals surface area (Å²) in [5.41, 5.74) is 4.55. The molecule has 0 bridgehead atoms. The standard InChI is InChI=1S/C24H26N4O3/c1-5-28-16(4)20(21(25-24(28)29)17-9-7-15(3)8-10-17)23-26-22(27-31-23)18-11-13-19(14-12-18)30-6-2/h7-14,21H,5-6H2,1-4H3,(H,25,29). The van der Waals surface area contributed by atoms with Gasteiger partial charge in [-0.25, -0.2) is 4.79 Å². The Kier molecular flexibility index (Phi) is 5.75. The molecule has 1 aliphatic heterocycles. The highest BCUT2D eigenvalue weighted by Crippen LogP contribution is 2.37. The summed E-state index contributed by atoms with van der Waals surface area (Å²) in [4.78, 5) is 19.0. The summed E-state index contributed by atoms with van der Waals surface area (Å²) in [6.07, 6.45) is 0. The zero-order valence-electron chi connectivity index (χ0n) is 18.2. The third-order valence-corrected chi connectivity index (χ3v) is 5.40. The second-order valence-electron chi connectivity index (χ2n) is 7.42. The first-order valence-corrected chi connectivity index (χ1v) is 10.4. The fourth-order valence-corrected chi connectivity index (χ4v) is 3.77. The highest BCUT2D eigenvalue weighted by molar-refractivity contribution is 5.86. The van der Waals surface area contributed by atoms with Crippen molar-refractivity contribution in [3.8, 4) is 17.1 Å². The van der Waals surface area contributed by atoms with Crippen LogP contribution < -0.4 is 10.1 Å². The molecule has 0 aliphatic carbocycles. The van der Waals surface area contributed by atoms with E-state index in [0.717, 1.165) is 33.7 Å². The number of aromatic nitrogens is 2. The molecule has 0 saturated heterocycles. The maximum Gasteiger partial charge on any atom is 0.322 e. The molecule has 1 aliphatic rings. The zero-order chi connectivity index (χ0) is 22.0.